The van der Waals surface area contributed by atoms with E-state index in [1.165, 1.54) is 0 Å². The third-order valence-electron chi connectivity index (χ3n) is 4.91. The van der Waals surface area contributed by atoms with Gasteiger partial charge in [-0.05, 0) is 55.3 Å². The highest BCUT2D eigenvalue weighted by atomic mass is 16.5. The smallest absolute Gasteiger partial charge is 0.227 e. The van der Waals surface area contributed by atoms with Crippen molar-refractivity contribution in [2.45, 2.75) is 32.9 Å². The van der Waals surface area contributed by atoms with Crippen LogP contribution in [0.15, 0.2) is 54.9 Å². The molecule has 0 saturated carbocycles. The highest BCUT2D eigenvalue weighted by Crippen LogP contribution is 2.24. The van der Waals surface area contributed by atoms with E-state index in [0.717, 1.165) is 47.8 Å². The van der Waals surface area contributed by atoms with Crippen LogP contribution in [0.5, 0.6) is 5.75 Å². The van der Waals surface area contributed by atoms with Gasteiger partial charge in [-0.3, -0.25) is 14.5 Å². The Balaban J connectivity index is 1.49. The van der Waals surface area contributed by atoms with Crippen LogP contribution < -0.4 is 4.74 Å². The van der Waals surface area contributed by atoms with Crippen molar-refractivity contribution in [2.75, 3.05) is 13.2 Å². The molecule has 144 valence electrons. The minimum Gasteiger partial charge on any atom is -0.494 e. The van der Waals surface area contributed by atoms with E-state index >= 15 is 0 Å². The number of hydrogen-bond acceptors (Lipinski definition) is 4. The minimum absolute atomic E-state index is 0.130. The van der Waals surface area contributed by atoms with Crippen LogP contribution in [0.25, 0.3) is 11.3 Å². The zero-order chi connectivity index (χ0) is 19.3. The molecule has 6 nitrogen and oxygen atoms in total. The van der Waals surface area contributed by atoms with Crippen molar-refractivity contribution in [2.24, 2.45) is 0 Å². The number of benzene rings is 1. The fraction of sp³-hybridized carbons (Fsp3) is 0.318. The average molecular weight is 376 g/mol. The van der Waals surface area contributed by atoms with Gasteiger partial charge in [0.15, 0.2) is 0 Å². The van der Waals surface area contributed by atoms with Crippen LogP contribution >= 0.6 is 0 Å². The van der Waals surface area contributed by atoms with Crippen LogP contribution in [0.4, 0.5) is 0 Å². The Hall–Kier alpha value is -3.15. The summed E-state index contributed by atoms with van der Waals surface area (Å²) in [5.74, 6) is 0.990. The van der Waals surface area contributed by atoms with Crippen LogP contribution in [0, 0.1) is 0 Å². The molecule has 0 bridgehead atoms. The van der Waals surface area contributed by atoms with Crippen molar-refractivity contribution in [1.29, 1.82) is 0 Å². The molecule has 1 aliphatic heterocycles. The maximum atomic E-state index is 12.8. The standard InChI is InChI=1S/C22H24N4O2/c1-2-28-20-8-6-18(7-9-20)21-14-19-16-25(11-4-12-26(19)24-21)22(27)13-17-5-3-10-23-15-17/h3,5-10,14-15H,2,4,11-13,16H2,1H3. The van der Waals surface area contributed by atoms with E-state index in [1.54, 1.807) is 12.4 Å². The zero-order valence-electron chi connectivity index (χ0n) is 16.0. The molecule has 3 aromatic rings. The molecule has 0 spiro atoms. The molecule has 3 heterocycles. The summed E-state index contributed by atoms with van der Waals surface area (Å²) in [5.41, 5.74) is 4.00. The van der Waals surface area contributed by atoms with Crippen molar-refractivity contribution in [3.63, 3.8) is 0 Å². The number of carbonyl (C=O) groups excluding carboxylic acids is 1. The van der Waals surface area contributed by atoms with E-state index in [4.69, 9.17) is 9.84 Å². The van der Waals surface area contributed by atoms with Crippen molar-refractivity contribution >= 4 is 5.91 Å². The summed E-state index contributed by atoms with van der Waals surface area (Å²) in [6.45, 7) is 4.79. The Morgan fingerprint density at radius 2 is 2.04 bits per heavy atom. The molecule has 0 unspecified atom stereocenters. The first-order chi connectivity index (χ1) is 13.7. The lowest BCUT2D eigenvalue weighted by molar-refractivity contribution is -0.131. The molecule has 2 aromatic heterocycles. The fourth-order valence-corrected chi connectivity index (χ4v) is 3.49. The summed E-state index contributed by atoms with van der Waals surface area (Å²) < 4.78 is 7.54. The topological polar surface area (TPSA) is 60.2 Å². The van der Waals surface area contributed by atoms with Gasteiger partial charge in [0.05, 0.1) is 31.0 Å². The number of rotatable bonds is 5. The van der Waals surface area contributed by atoms with Gasteiger partial charge < -0.3 is 9.64 Å². The fourth-order valence-electron chi connectivity index (χ4n) is 3.49. The van der Waals surface area contributed by atoms with Gasteiger partial charge in [-0.25, -0.2) is 0 Å². The summed E-state index contributed by atoms with van der Waals surface area (Å²) in [6.07, 6.45) is 4.76. The van der Waals surface area contributed by atoms with Gasteiger partial charge in [-0.1, -0.05) is 6.07 Å². The SMILES string of the molecule is CCOc1ccc(-c2cc3n(n2)CCCN(C(=O)Cc2cccnc2)C3)cc1. The molecule has 1 aromatic carbocycles. The highest BCUT2D eigenvalue weighted by Gasteiger charge is 2.21. The van der Waals surface area contributed by atoms with E-state index in [-0.39, 0.29) is 5.91 Å². The lowest BCUT2D eigenvalue weighted by atomic mass is 10.1. The number of fused-ring (bicyclic) bond motifs is 1. The second-order valence-electron chi connectivity index (χ2n) is 6.91. The van der Waals surface area contributed by atoms with Crippen LogP contribution in [-0.2, 0) is 24.3 Å². The van der Waals surface area contributed by atoms with Crippen LogP contribution in [0.1, 0.15) is 24.6 Å². The Morgan fingerprint density at radius 3 is 2.79 bits per heavy atom. The average Bonchev–Trinajstić information content (AvgIpc) is 3.01. The predicted molar refractivity (Wildman–Crippen MR) is 107 cm³/mol. The van der Waals surface area contributed by atoms with Crippen LogP contribution in [0.2, 0.25) is 0 Å². The Kier molecular flexibility index (Phi) is 5.37. The molecule has 0 aliphatic carbocycles. The van der Waals surface area contributed by atoms with Crippen molar-refractivity contribution in [3.8, 4) is 17.0 Å². The molecule has 0 fully saturated rings. The number of amides is 1. The molecule has 28 heavy (non-hydrogen) atoms. The summed E-state index contributed by atoms with van der Waals surface area (Å²) in [6, 6.07) is 13.9. The van der Waals surface area contributed by atoms with Crippen molar-refractivity contribution < 1.29 is 9.53 Å². The molecule has 0 radical (unpaired) electrons. The summed E-state index contributed by atoms with van der Waals surface area (Å²) in [7, 11) is 0. The van der Waals surface area contributed by atoms with Gasteiger partial charge in [0.2, 0.25) is 5.91 Å². The number of hydrogen-bond donors (Lipinski definition) is 0. The predicted octanol–water partition coefficient (Wildman–Crippen LogP) is 3.32. The lowest BCUT2D eigenvalue weighted by Gasteiger charge is -2.20. The number of pyridine rings is 1. The van der Waals surface area contributed by atoms with Crippen molar-refractivity contribution in [3.05, 3.63) is 66.1 Å². The van der Waals surface area contributed by atoms with Gasteiger partial charge in [-0.15, -0.1) is 0 Å². The van der Waals surface area contributed by atoms with Gasteiger partial charge in [-0.2, -0.15) is 5.10 Å². The number of aryl methyl sites for hydroxylation is 1. The molecule has 0 saturated heterocycles. The van der Waals surface area contributed by atoms with E-state index < -0.39 is 0 Å². The van der Waals surface area contributed by atoms with E-state index in [9.17, 15) is 4.79 Å². The first-order valence-electron chi connectivity index (χ1n) is 9.69. The molecule has 0 N–H and O–H groups in total. The van der Waals surface area contributed by atoms with Crippen LogP contribution in [0.3, 0.4) is 0 Å². The molecule has 1 amide bonds. The maximum absolute atomic E-state index is 12.8. The Bertz CT molecular complexity index is 935. The van der Waals surface area contributed by atoms with Crippen LogP contribution in [-0.4, -0.2) is 38.7 Å². The molecule has 6 heteroatoms. The van der Waals surface area contributed by atoms with Gasteiger partial charge in [0.25, 0.3) is 0 Å². The molecule has 1 aliphatic rings. The quantitative estimate of drug-likeness (QED) is 0.685. The summed E-state index contributed by atoms with van der Waals surface area (Å²) >= 11 is 0. The van der Waals surface area contributed by atoms with Crippen molar-refractivity contribution in [1.82, 2.24) is 19.7 Å². The third-order valence-corrected chi connectivity index (χ3v) is 4.91. The monoisotopic (exact) mass is 376 g/mol. The first kappa shape index (κ1) is 18.2. The van der Waals surface area contributed by atoms with Gasteiger partial charge >= 0.3 is 0 Å². The molecule has 4 rings (SSSR count). The summed E-state index contributed by atoms with van der Waals surface area (Å²) in [5, 5.41) is 4.76. The Morgan fingerprint density at radius 1 is 1.18 bits per heavy atom. The minimum atomic E-state index is 0.130. The normalized spacial score (nSPS) is 13.7. The molecular formula is C22H24N4O2. The molecular weight excluding hydrogens is 352 g/mol. The van der Waals surface area contributed by atoms with E-state index in [1.807, 2.05) is 52.9 Å². The largest absolute Gasteiger partial charge is 0.494 e. The van der Waals surface area contributed by atoms with E-state index in [2.05, 4.69) is 11.1 Å². The second kappa shape index (κ2) is 8.25. The lowest BCUT2D eigenvalue weighted by Crippen LogP contribution is -2.32. The second-order valence-corrected chi connectivity index (χ2v) is 6.91. The number of carbonyl (C=O) groups is 1. The Labute approximate surface area is 164 Å². The molecule has 0 atom stereocenters. The van der Waals surface area contributed by atoms with Gasteiger partial charge in [0, 0.05) is 31.0 Å². The first-order valence-corrected chi connectivity index (χ1v) is 9.69. The van der Waals surface area contributed by atoms with Gasteiger partial charge in [0.1, 0.15) is 5.75 Å². The third kappa shape index (κ3) is 4.06. The van der Waals surface area contributed by atoms with E-state index in [0.29, 0.717) is 19.6 Å². The number of nitrogens with zero attached hydrogens (tertiary/aromatic N) is 4. The zero-order valence-corrected chi connectivity index (χ0v) is 16.0. The number of aromatic nitrogens is 3. The maximum Gasteiger partial charge on any atom is 0.227 e. The highest BCUT2D eigenvalue weighted by molar-refractivity contribution is 5.78. The summed E-state index contributed by atoms with van der Waals surface area (Å²) in [4.78, 5) is 18.8. The number of ether oxygens (including phenoxy) is 1.